The van der Waals surface area contributed by atoms with Crippen LogP contribution in [0.25, 0.3) is 10.1 Å². The summed E-state index contributed by atoms with van der Waals surface area (Å²) in [6.07, 6.45) is 0. The number of carbonyl (C=O) groups is 1. The van der Waals surface area contributed by atoms with E-state index in [1.54, 1.807) is 11.3 Å². The summed E-state index contributed by atoms with van der Waals surface area (Å²) in [5.41, 5.74) is 1.04. The third-order valence-electron chi connectivity index (χ3n) is 3.85. The number of hydrogen-bond donors (Lipinski definition) is 0. The van der Waals surface area contributed by atoms with Crippen LogP contribution in [-0.2, 0) is 21.4 Å². The van der Waals surface area contributed by atoms with Crippen molar-refractivity contribution in [1.29, 1.82) is 0 Å². The molecule has 8 heteroatoms. The Balaban J connectivity index is 1.82. The van der Waals surface area contributed by atoms with Crippen molar-refractivity contribution < 1.29 is 17.9 Å². The normalized spacial score (nSPS) is 11.8. The van der Waals surface area contributed by atoms with Gasteiger partial charge < -0.3 is 4.74 Å². The van der Waals surface area contributed by atoms with Crippen molar-refractivity contribution in [2.45, 2.75) is 11.5 Å². The van der Waals surface area contributed by atoms with Gasteiger partial charge in [0.05, 0.1) is 10.6 Å². The summed E-state index contributed by atoms with van der Waals surface area (Å²) in [6, 6.07) is 11.9. The fraction of sp³-hybridized carbons (Fsp3) is 0.167. The second-order valence-electron chi connectivity index (χ2n) is 5.77. The minimum absolute atomic E-state index is 0.0547. The van der Waals surface area contributed by atoms with Crippen LogP contribution >= 0.6 is 22.9 Å². The van der Waals surface area contributed by atoms with E-state index in [1.807, 2.05) is 29.6 Å². The lowest BCUT2D eigenvalue weighted by Gasteiger charge is -2.13. The highest BCUT2D eigenvalue weighted by atomic mass is 35.5. The van der Waals surface area contributed by atoms with Gasteiger partial charge in [-0.3, -0.25) is 0 Å². The number of thiophene rings is 1. The smallest absolute Gasteiger partial charge is 0.338 e. The van der Waals surface area contributed by atoms with Crippen LogP contribution < -0.4 is 0 Å². The maximum absolute atomic E-state index is 12.4. The number of fused-ring (bicyclic) bond motifs is 1. The highest BCUT2D eigenvalue weighted by molar-refractivity contribution is 7.89. The molecule has 0 saturated carbocycles. The van der Waals surface area contributed by atoms with Gasteiger partial charge in [-0.05, 0) is 35.0 Å². The van der Waals surface area contributed by atoms with Gasteiger partial charge in [0.25, 0.3) is 0 Å². The Morgan fingerprint density at radius 1 is 1.19 bits per heavy atom. The van der Waals surface area contributed by atoms with Crippen molar-refractivity contribution in [1.82, 2.24) is 4.31 Å². The predicted molar refractivity (Wildman–Crippen MR) is 103 cm³/mol. The molecule has 2 aromatic carbocycles. The lowest BCUT2D eigenvalue weighted by Crippen LogP contribution is -2.23. The third kappa shape index (κ3) is 3.61. The summed E-state index contributed by atoms with van der Waals surface area (Å²) in [5.74, 6) is -0.604. The molecule has 0 N–H and O–H groups in total. The first-order valence-electron chi connectivity index (χ1n) is 7.65. The summed E-state index contributed by atoms with van der Waals surface area (Å²) in [7, 11) is -0.953. The minimum atomic E-state index is -3.76. The van der Waals surface area contributed by atoms with Gasteiger partial charge in [-0.15, -0.1) is 11.3 Å². The Kier molecular flexibility index (Phi) is 5.34. The monoisotopic (exact) mass is 409 g/mol. The van der Waals surface area contributed by atoms with E-state index in [9.17, 15) is 13.2 Å². The molecule has 0 radical (unpaired) electrons. The zero-order valence-corrected chi connectivity index (χ0v) is 16.5. The van der Waals surface area contributed by atoms with E-state index in [2.05, 4.69) is 0 Å². The molecule has 0 atom stereocenters. The lowest BCUT2D eigenvalue weighted by molar-refractivity contribution is 0.0474. The van der Waals surface area contributed by atoms with Crippen molar-refractivity contribution >= 4 is 49.0 Å². The molecule has 3 rings (SSSR count). The number of hydrogen-bond acceptors (Lipinski definition) is 5. The number of nitrogens with zero attached hydrogens (tertiary/aromatic N) is 1. The van der Waals surface area contributed by atoms with Crippen LogP contribution in [0.2, 0.25) is 5.02 Å². The summed E-state index contributed by atoms with van der Waals surface area (Å²) in [4.78, 5) is 12.2. The Morgan fingerprint density at radius 2 is 1.92 bits per heavy atom. The Bertz CT molecular complexity index is 1070. The van der Waals surface area contributed by atoms with E-state index in [0.29, 0.717) is 0 Å². The van der Waals surface area contributed by atoms with Gasteiger partial charge in [0, 0.05) is 24.4 Å². The van der Waals surface area contributed by atoms with Crippen LogP contribution in [0.3, 0.4) is 0 Å². The average Bonchev–Trinajstić information content (AvgIpc) is 3.03. The maximum atomic E-state index is 12.4. The SMILES string of the molecule is CN(C)S(=O)(=O)c1cc(C(=O)OCc2csc3ccccc23)ccc1Cl. The first-order valence-corrected chi connectivity index (χ1v) is 10.3. The van der Waals surface area contributed by atoms with Gasteiger partial charge in [0.1, 0.15) is 11.5 Å². The molecule has 0 aliphatic carbocycles. The molecule has 1 heterocycles. The standard InChI is InChI=1S/C18H16ClNO4S2/c1-20(2)26(22,23)17-9-12(7-8-15(17)19)18(21)24-10-13-11-25-16-6-4-3-5-14(13)16/h3-9,11H,10H2,1-2H3. The minimum Gasteiger partial charge on any atom is -0.457 e. The number of rotatable bonds is 5. The largest absolute Gasteiger partial charge is 0.457 e. The number of halogens is 1. The summed E-state index contributed by atoms with van der Waals surface area (Å²) in [5, 5.41) is 3.04. The molecule has 26 heavy (non-hydrogen) atoms. The first kappa shape index (κ1) is 18.8. The van der Waals surface area contributed by atoms with Crippen molar-refractivity contribution in [3.8, 4) is 0 Å². The number of sulfonamides is 1. The Labute approximate surface area is 160 Å². The van der Waals surface area contributed by atoms with E-state index in [4.69, 9.17) is 16.3 Å². The molecule has 3 aromatic rings. The van der Waals surface area contributed by atoms with Crippen molar-refractivity contribution in [3.05, 3.63) is 64.0 Å². The quantitative estimate of drug-likeness (QED) is 0.593. The molecule has 0 spiro atoms. The predicted octanol–water partition coefficient (Wildman–Crippen LogP) is 4.16. The number of ether oxygens (including phenoxy) is 1. The van der Waals surface area contributed by atoms with E-state index >= 15 is 0 Å². The van der Waals surface area contributed by atoms with Crippen LogP contribution in [0.4, 0.5) is 0 Å². The molecular formula is C18H16ClNO4S2. The van der Waals surface area contributed by atoms with Gasteiger partial charge in [0.15, 0.2) is 0 Å². The number of benzene rings is 2. The lowest BCUT2D eigenvalue weighted by atomic mass is 10.2. The van der Waals surface area contributed by atoms with Crippen LogP contribution in [0.5, 0.6) is 0 Å². The fourth-order valence-electron chi connectivity index (χ4n) is 2.40. The van der Waals surface area contributed by atoms with Crippen molar-refractivity contribution in [2.75, 3.05) is 14.1 Å². The first-order chi connectivity index (χ1) is 12.3. The number of esters is 1. The highest BCUT2D eigenvalue weighted by Gasteiger charge is 2.23. The fourth-order valence-corrected chi connectivity index (χ4v) is 4.74. The van der Waals surface area contributed by atoms with Crippen LogP contribution in [0, 0.1) is 0 Å². The zero-order chi connectivity index (χ0) is 18.9. The Hall–Kier alpha value is -1.93. The van der Waals surface area contributed by atoms with Gasteiger partial charge in [-0.25, -0.2) is 17.5 Å². The molecular weight excluding hydrogens is 394 g/mol. The van der Waals surface area contributed by atoms with E-state index in [0.717, 1.165) is 20.0 Å². The second kappa shape index (κ2) is 7.36. The van der Waals surface area contributed by atoms with Crippen LogP contribution in [0.1, 0.15) is 15.9 Å². The molecule has 0 fully saturated rings. The summed E-state index contributed by atoms with van der Waals surface area (Å²) in [6.45, 7) is 0.112. The summed E-state index contributed by atoms with van der Waals surface area (Å²) < 4.78 is 32.1. The topological polar surface area (TPSA) is 63.7 Å². The third-order valence-corrected chi connectivity index (χ3v) is 7.15. The molecule has 0 unspecified atom stereocenters. The average molecular weight is 410 g/mol. The maximum Gasteiger partial charge on any atom is 0.338 e. The molecule has 5 nitrogen and oxygen atoms in total. The van der Waals surface area contributed by atoms with Gasteiger partial charge in [0.2, 0.25) is 10.0 Å². The van der Waals surface area contributed by atoms with Gasteiger partial charge in [-0.1, -0.05) is 29.8 Å². The van der Waals surface area contributed by atoms with E-state index in [1.165, 1.54) is 32.3 Å². The molecule has 0 amide bonds. The van der Waals surface area contributed by atoms with Crippen molar-refractivity contribution in [3.63, 3.8) is 0 Å². The van der Waals surface area contributed by atoms with Crippen molar-refractivity contribution in [2.24, 2.45) is 0 Å². The number of carbonyl (C=O) groups excluding carboxylic acids is 1. The molecule has 0 aliphatic rings. The van der Waals surface area contributed by atoms with Gasteiger partial charge in [-0.2, -0.15) is 0 Å². The van der Waals surface area contributed by atoms with E-state index < -0.39 is 16.0 Å². The molecule has 136 valence electrons. The zero-order valence-electron chi connectivity index (χ0n) is 14.1. The molecule has 1 aromatic heterocycles. The van der Waals surface area contributed by atoms with E-state index in [-0.39, 0.29) is 22.1 Å². The van der Waals surface area contributed by atoms with Gasteiger partial charge >= 0.3 is 5.97 Å². The Morgan fingerprint density at radius 3 is 2.65 bits per heavy atom. The molecule has 0 bridgehead atoms. The highest BCUT2D eigenvalue weighted by Crippen LogP contribution is 2.27. The summed E-state index contributed by atoms with van der Waals surface area (Å²) >= 11 is 7.58. The molecule has 0 saturated heterocycles. The second-order valence-corrected chi connectivity index (χ2v) is 9.20. The molecule has 0 aliphatic heterocycles. The van der Waals surface area contributed by atoms with Crippen LogP contribution in [0.15, 0.2) is 52.7 Å². The van der Waals surface area contributed by atoms with Crippen LogP contribution in [-0.4, -0.2) is 32.8 Å².